The average Bonchev–Trinajstić information content (AvgIpc) is 2.56. The van der Waals surface area contributed by atoms with Crippen LogP contribution in [0.5, 0.6) is 5.75 Å². The molecule has 0 radical (unpaired) electrons. The number of ether oxygens (including phenoxy) is 2. The van der Waals surface area contributed by atoms with Crippen LogP contribution in [0.25, 0.3) is 0 Å². The topological polar surface area (TPSA) is 47.6 Å². The highest BCUT2D eigenvalue weighted by Gasteiger charge is 2.17. The van der Waals surface area contributed by atoms with Crippen molar-refractivity contribution in [2.24, 2.45) is 0 Å². The van der Waals surface area contributed by atoms with Gasteiger partial charge in [0.2, 0.25) is 0 Å². The highest BCUT2D eigenvalue weighted by Crippen LogP contribution is 2.26. The van der Waals surface area contributed by atoms with E-state index in [0.29, 0.717) is 12.1 Å². The summed E-state index contributed by atoms with van der Waals surface area (Å²) in [6.45, 7) is 2.30. The fourth-order valence-corrected chi connectivity index (χ4v) is 2.36. The summed E-state index contributed by atoms with van der Waals surface area (Å²) in [5, 5.41) is 2.92. The van der Waals surface area contributed by atoms with E-state index in [-0.39, 0.29) is 12.0 Å². The van der Waals surface area contributed by atoms with Crippen molar-refractivity contribution in [1.29, 1.82) is 0 Å². The van der Waals surface area contributed by atoms with Gasteiger partial charge in [-0.25, -0.2) is 0 Å². The van der Waals surface area contributed by atoms with E-state index in [9.17, 15) is 4.79 Å². The summed E-state index contributed by atoms with van der Waals surface area (Å²) in [5.41, 5.74) is 2.54. The number of carbonyl (C=O) groups excluding carboxylic acids is 1. The molecule has 0 aliphatic heterocycles. The molecular weight excluding hydrogens is 278 g/mol. The Balaban J connectivity index is 2.08. The Hall–Kier alpha value is -2.33. The number of rotatable bonds is 6. The van der Waals surface area contributed by atoms with Crippen LogP contribution in [-0.2, 0) is 4.74 Å². The van der Waals surface area contributed by atoms with Crippen LogP contribution in [0.15, 0.2) is 48.5 Å². The summed E-state index contributed by atoms with van der Waals surface area (Å²) in [5.74, 6) is 0.648. The molecule has 0 aliphatic carbocycles. The Bertz CT molecular complexity index is 640. The van der Waals surface area contributed by atoms with Gasteiger partial charge in [0.15, 0.2) is 0 Å². The van der Waals surface area contributed by atoms with Crippen LogP contribution in [-0.4, -0.2) is 26.7 Å². The second-order valence-corrected chi connectivity index (χ2v) is 4.99. The van der Waals surface area contributed by atoms with Crippen molar-refractivity contribution in [3.05, 3.63) is 65.2 Å². The first-order valence-corrected chi connectivity index (χ1v) is 7.17. The van der Waals surface area contributed by atoms with E-state index in [2.05, 4.69) is 5.32 Å². The van der Waals surface area contributed by atoms with E-state index in [4.69, 9.17) is 9.47 Å². The van der Waals surface area contributed by atoms with Gasteiger partial charge in [-0.3, -0.25) is 4.79 Å². The highest BCUT2D eigenvalue weighted by molar-refractivity contribution is 5.95. The predicted molar refractivity (Wildman–Crippen MR) is 86.3 cm³/mol. The first kappa shape index (κ1) is 16.0. The quantitative estimate of drug-likeness (QED) is 0.891. The van der Waals surface area contributed by atoms with E-state index in [1.807, 2.05) is 55.5 Å². The van der Waals surface area contributed by atoms with E-state index in [1.54, 1.807) is 14.2 Å². The van der Waals surface area contributed by atoms with E-state index < -0.39 is 0 Å². The zero-order valence-electron chi connectivity index (χ0n) is 13.1. The average molecular weight is 299 g/mol. The van der Waals surface area contributed by atoms with Crippen molar-refractivity contribution in [2.45, 2.75) is 13.0 Å². The maximum atomic E-state index is 12.3. The Morgan fingerprint density at radius 1 is 1.09 bits per heavy atom. The Labute approximate surface area is 131 Å². The number of amides is 1. The number of aryl methyl sites for hydroxylation is 1. The highest BCUT2D eigenvalue weighted by atomic mass is 16.5. The Morgan fingerprint density at radius 3 is 2.45 bits per heavy atom. The molecule has 1 N–H and O–H groups in total. The van der Waals surface area contributed by atoms with Crippen molar-refractivity contribution in [3.63, 3.8) is 0 Å². The molecule has 0 heterocycles. The molecule has 2 aromatic rings. The third-order valence-corrected chi connectivity index (χ3v) is 3.61. The van der Waals surface area contributed by atoms with Crippen LogP contribution in [0.4, 0.5) is 0 Å². The van der Waals surface area contributed by atoms with Gasteiger partial charge in [-0.05, 0) is 24.6 Å². The second-order valence-electron chi connectivity index (χ2n) is 4.99. The van der Waals surface area contributed by atoms with Crippen LogP contribution in [0.3, 0.4) is 0 Å². The minimum atomic E-state index is -0.260. The Morgan fingerprint density at radius 2 is 1.77 bits per heavy atom. The standard InChI is InChI=1S/C18H21NO3/c1-13-8-4-5-9-14(13)18(20)19-12-17(22-3)15-10-6-7-11-16(15)21-2/h4-11,17H,12H2,1-3H3,(H,19,20). The lowest BCUT2D eigenvalue weighted by Crippen LogP contribution is -2.29. The normalized spacial score (nSPS) is 11.8. The van der Waals surface area contributed by atoms with Crippen LogP contribution < -0.4 is 10.1 Å². The van der Waals surface area contributed by atoms with Crippen LogP contribution in [0.1, 0.15) is 27.6 Å². The van der Waals surface area contributed by atoms with Crippen LogP contribution >= 0.6 is 0 Å². The monoisotopic (exact) mass is 299 g/mol. The molecule has 0 fully saturated rings. The number of nitrogens with one attached hydrogen (secondary N) is 1. The fourth-order valence-electron chi connectivity index (χ4n) is 2.36. The van der Waals surface area contributed by atoms with Gasteiger partial charge in [0.1, 0.15) is 11.9 Å². The number of benzene rings is 2. The zero-order chi connectivity index (χ0) is 15.9. The van der Waals surface area contributed by atoms with Crippen LogP contribution in [0.2, 0.25) is 0 Å². The van der Waals surface area contributed by atoms with Gasteiger partial charge in [-0.15, -0.1) is 0 Å². The van der Waals surface area contributed by atoms with Gasteiger partial charge in [-0.2, -0.15) is 0 Å². The van der Waals surface area contributed by atoms with E-state index >= 15 is 0 Å². The summed E-state index contributed by atoms with van der Waals surface area (Å²) in [4.78, 5) is 12.3. The van der Waals surface area contributed by atoms with Gasteiger partial charge in [-0.1, -0.05) is 36.4 Å². The zero-order valence-corrected chi connectivity index (χ0v) is 13.1. The summed E-state index contributed by atoms with van der Waals surface area (Å²) < 4.78 is 10.8. The molecule has 0 bridgehead atoms. The second kappa shape index (κ2) is 7.61. The molecule has 1 amide bonds. The minimum absolute atomic E-state index is 0.102. The van der Waals surface area contributed by atoms with Crippen molar-refractivity contribution >= 4 is 5.91 Å². The first-order valence-electron chi connectivity index (χ1n) is 7.17. The third-order valence-electron chi connectivity index (χ3n) is 3.61. The lowest BCUT2D eigenvalue weighted by molar-refractivity contribution is 0.0818. The van der Waals surface area contributed by atoms with Gasteiger partial charge >= 0.3 is 0 Å². The SMILES string of the molecule is COc1ccccc1C(CNC(=O)c1ccccc1C)OC. The molecule has 0 saturated heterocycles. The number of carbonyl (C=O) groups is 1. The van der Waals surface area contributed by atoms with Gasteiger partial charge in [0, 0.05) is 24.8 Å². The van der Waals surface area contributed by atoms with Gasteiger partial charge in [0.05, 0.1) is 7.11 Å². The molecule has 1 unspecified atom stereocenters. The minimum Gasteiger partial charge on any atom is -0.496 e. The molecule has 0 spiro atoms. The maximum absolute atomic E-state index is 12.3. The smallest absolute Gasteiger partial charge is 0.251 e. The predicted octanol–water partition coefficient (Wildman–Crippen LogP) is 3.12. The van der Waals surface area contributed by atoms with Crippen molar-refractivity contribution in [2.75, 3.05) is 20.8 Å². The molecule has 4 heteroatoms. The summed E-state index contributed by atoms with van der Waals surface area (Å²) in [7, 11) is 3.24. The van der Waals surface area contributed by atoms with Crippen molar-refractivity contribution in [3.8, 4) is 5.75 Å². The molecule has 4 nitrogen and oxygen atoms in total. The summed E-state index contributed by atoms with van der Waals surface area (Å²) in [6.07, 6.45) is -0.260. The molecule has 0 aromatic heterocycles. The molecule has 2 rings (SSSR count). The lowest BCUT2D eigenvalue weighted by Gasteiger charge is -2.19. The molecule has 116 valence electrons. The molecule has 0 aliphatic rings. The Kier molecular flexibility index (Phi) is 5.55. The van der Waals surface area contributed by atoms with Crippen molar-refractivity contribution < 1.29 is 14.3 Å². The number of para-hydroxylation sites is 1. The maximum Gasteiger partial charge on any atom is 0.251 e. The third kappa shape index (κ3) is 3.65. The first-order chi connectivity index (χ1) is 10.7. The molecular formula is C18H21NO3. The van der Waals surface area contributed by atoms with Crippen molar-refractivity contribution in [1.82, 2.24) is 5.32 Å². The molecule has 1 atom stereocenters. The largest absolute Gasteiger partial charge is 0.496 e. The van der Waals surface area contributed by atoms with E-state index in [0.717, 1.165) is 16.9 Å². The molecule has 2 aromatic carbocycles. The fraction of sp³-hybridized carbons (Fsp3) is 0.278. The summed E-state index contributed by atoms with van der Waals surface area (Å²) >= 11 is 0. The number of hydrogen-bond donors (Lipinski definition) is 1. The van der Waals surface area contributed by atoms with Gasteiger partial charge in [0.25, 0.3) is 5.91 Å². The van der Waals surface area contributed by atoms with Gasteiger partial charge < -0.3 is 14.8 Å². The number of methoxy groups -OCH3 is 2. The molecule has 0 saturated carbocycles. The van der Waals surface area contributed by atoms with Crippen LogP contribution in [0, 0.1) is 6.92 Å². The number of hydrogen-bond acceptors (Lipinski definition) is 3. The lowest BCUT2D eigenvalue weighted by atomic mass is 10.1. The van der Waals surface area contributed by atoms with E-state index in [1.165, 1.54) is 0 Å². The molecule has 22 heavy (non-hydrogen) atoms. The summed E-state index contributed by atoms with van der Waals surface area (Å²) in [6, 6.07) is 15.2.